The molecule has 0 aromatic heterocycles. The number of aliphatic hydroxyl groups excluding tert-OH is 1. The molecule has 1 saturated heterocycles. The van der Waals surface area contributed by atoms with E-state index in [0.29, 0.717) is 19.5 Å². The van der Waals surface area contributed by atoms with Gasteiger partial charge in [0.15, 0.2) is 0 Å². The SMILES string of the molecule is Nc1cc(S(=O)(=O)N2CCC(CO)C2)ccc1O. The Morgan fingerprint density at radius 3 is 2.72 bits per heavy atom. The number of nitrogens with zero attached hydrogens (tertiary/aromatic N) is 1. The maximum Gasteiger partial charge on any atom is 0.243 e. The molecule has 7 heteroatoms. The molecule has 0 amide bonds. The minimum Gasteiger partial charge on any atom is -0.506 e. The second-order valence-electron chi connectivity index (χ2n) is 4.42. The molecule has 1 aromatic carbocycles. The van der Waals surface area contributed by atoms with E-state index in [1.165, 1.54) is 22.5 Å². The van der Waals surface area contributed by atoms with Crippen LogP contribution in [0.1, 0.15) is 6.42 Å². The molecule has 4 N–H and O–H groups in total. The molecule has 18 heavy (non-hydrogen) atoms. The highest BCUT2D eigenvalue weighted by Gasteiger charge is 2.32. The van der Waals surface area contributed by atoms with Crippen LogP contribution in [-0.4, -0.2) is 42.6 Å². The van der Waals surface area contributed by atoms with Gasteiger partial charge >= 0.3 is 0 Å². The Kier molecular flexibility index (Phi) is 3.47. The van der Waals surface area contributed by atoms with E-state index < -0.39 is 10.0 Å². The second-order valence-corrected chi connectivity index (χ2v) is 6.36. The Hall–Kier alpha value is -1.31. The van der Waals surface area contributed by atoms with Crippen molar-refractivity contribution in [2.24, 2.45) is 5.92 Å². The predicted molar refractivity (Wildman–Crippen MR) is 66.5 cm³/mol. The first-order chi connectivity index (χ1) is 8.45. The van der Waals surface area contributed by atoms with Gasteiger partial charge in [-0.3, -0.25) is 0 Å². The van der Waals surface area contributed by atoms with Crippen LogP contribution < -0.4 is 5.73 Å². The van der Waals surface area contributed by atoms with Gasteiger partial charge in [0, 0.05) is 19.7 Å². The standard InChI is InChI=1S/C11H16N2O4S/c12-10-5-9(1-2-11(10)15)18(16,17)13-4-3-8(6-13)7-14/h1-2,5,8,14-15H,3-4,6-7,12H2. The van der Waals surface area contributed by atoms with Crippen LogP contribution >= 0.6 is 0 Å². The van der Waals surface area contributed by atoms with Gasteiger partial charge in [-0.2, -0.15) is 4.31 Å². The Bertz CT molecular complexity index is 544. The van der Waals surface area contributed by atoms with Crippen LogP contribution in [0.4, 0.5) is 5.69 Å². The largest absolute Gasteiger partial charge is 0.506 e. The zero-order valence-electron chi connectivity index (χ0n) is 9.78. The van der Waals surface area contributed by atoms with E-state index >= 15 is 0 Å². The number of sulfonamides is 1. The quantitative estimate of drug-likeness (QED) is 0.530. The topological polar surface area (TPSA) is 104 Å². The Morgan fingerprint density at radius 1 is 1.44 bits per heavy atom. The highest BCUT2D eigenvalue weighted by Crippen LogP contribution is 2.28. The number of anilines is 1. The molecule has 2 rings (SSSR count). The van der Waals surface area contributed by atoms with Crippen molar-refractivity contribution in [1.82, 2.24) is 4.31 Å². The number of benzene rings is 1. The van der Waals surface area contributed by atoms with Gasteiger partial charge in [0.05, 0.1) is 10.6 Å². The molecule has 6 nitrogen and oxygen atoms in total. The van der Waals surface area contributed by atoms with Crippen LogP contribution in [0.5, 0.6) is 5.75 Å². The van der Waals surface area contributed by atoms with Gasteiger partial charge in [-0.15, -0.1) is 0 Å². The fourth-order valence-electron chi connectivity index (χ4n) is 2.01. The zero-order valence-corrected chi connectivity index (χ0v) is 10.6. The molecule has 0 bridgehead atoms. The Labute approximate surface area is 106 Å². The van der Waals surface area contributed by atoms with Crippen molar-refractivity contribution in [3.05, 3.63) is 18.2 Å². The van der Waals surface area contributed by atoms with E-state index in [4.69, 9.17) is 10.8 Å². The van der Waals surface area contributed by atoms with Gasteiger partial charge in [0.25, 0.3) is 0 Å². The number of aromatic hydroxyl groups is 1. The molecule has 100 valence electrons. The molecule has 0 radical (unpaired) electrons. The first kappa shape index (κ1) is 13.1. The molecule has 1 aliphatic rings. The van der Waals surface area contributed by atoms with Gasteiger partial charge in [0.2, 0.25) is 10.0 Å². The van der Waals surface area contributed by atoms with Gasteiger partial charge in [0.1, 0.15) is 5.75 Å². The van der Waals surface area contributed by atoms with Crippen molar-refractivity contribution in [3.8, 4) is 5.75 Å². The first-order valence-electron chi connectivity index (χ1n) is 5.64. The zero-order chi connectivity index (χ0) is 13.3. The number of hydrogen-bond donors (Lipinski definition) is 3. The molecule has 1 heterocycles. The lowest BCUT2D eigenvalue weighted by Crippen LogP contribution is -2.29. The summed E-state index contributed by atoms with van der Waals surface area (Å²) in [4.78, 5) is 0.0661. The summed E-state index contributed by atoms with van der Waals surface area (Å²) in [6.07, 6.45) is 0.656. The van der Waals surface area contributed by atoms with Crippen LogP contribution in [0.2, 0.25) is 0 Å². The van der Waals surface area contributed by atoms with Gasteiger partial charge < -0.3 is 15.9 Å². The van der Waals surface area contributed by atoms with Crippen LogP contribution in [0.15, 0.2) is 23.1 Å². The number of nitrogen functional groups attached to an aromatic ring is 1. The summed E-state index contributed by atoms with van der Waals surface area (Å²) >= 11 is 0. The number of aliphatic hydroxyl groups is 1. The summed E-state index contributed by atoms with van der Waals surface area (Å²) in [5.74, 6) is -0.141. The Morgan fingerprint density at radius 2 is 2.17 bits per heavy atom. The maximum atomic E-state index is 12.3. The summed E-state index contributed by atoms with van der Waals surface area (Å²) in [5, 5.41) is 18.3. The molecule has 1 unspecified atom stereocenters. The smallest absolute Gasteiger partial charge is 0.243 e. The molecule has 1 atom stereocenters. The van der Waals surface area contributed by atoms with Gasteiger partial charge in [-0.05, 0) is 30.5 Å². The van der Waals surface area contributed by atoms with E-state index in [1.54, 1.807) is 0 Å². The van der Waals surface area contributed by atoms with Crippen LogP contribution in [0.25, 0.3) is 0 Å². The van der Waals surface area contributed by atoms with E-state index in [1.807, 2.05) is 0 Å². The lowest BCUT2D eigenvalue weighted by Gasteiger charge is -2.16. The third-order valence-corrected chi connectivity index (χ3v) is 5.00. The van der Waals surface area contributed by atoms with Crippen LogP contribution in [0.3, 0.4) is 0 Å². The molecule has 0 saturated carbocycles. The van der Waals surface area contributed by atoms with E-state index in [-0.39, 0.29) is 28.9 Å². The number of hydrogen-bond acceptors (Lipinski definition) is 5. The summed E-state index contributed by atoms with van der Waals surface area (Å²) in [6.45, 7) is 0.706. The third-order valence-electron chi connectivity index (χ3n) is 3.14. The summed E-state index contributed by atoms with van der Waals surface area (Å²) in [5.41, 5.74) is 5.53. The normalized spacial score (nSPS) is 21.3. The third kappa shape index (κ3) is 2.29. The average Bonchev–Trinajstić information content (AvgIpc) is 2.81. The molecule has 1 fully saturated rings. The fourth-order valence-corrected chi connectivity index (χ4v) is 3.57. The van der Waals surface area contributed by atoms with E-state index in [0.717, 1.165) is 0 Å². The van der Waals surface area contributed by atoms with Crippen molar-refractivity contribution in [2.75, 3.05) is 25.4 Å². The minimum atomic E-state index is -3.59. The predicted octanol–water partition coefficient (Wildman–Crippen LogP) is -0.0227. The van der Waals surface area contributed by atoms with Crippen LogP contribution in [0, 0.1) is 5.92 Å². The monoisotopic (exact) mass is 272 g/mol. The van der Waals surface area contributed by atoms with Gasteiger partial charge in [-0.25, -0.2) is 8.42 Å². The first-order valence-corrected chi connectivity index (χ1v) is 7.08. The number of phenolic OH excluding ortho intramolecular Hbond substituents is 1. The van der Waals surface area contributed by atoms with Crippen molar-refractivity contribution in [3.63, 3.8) is 0 Å². The minimum absolute atomic E-state index is 0.00534. The molecule has 0 spiro atoms. The highest BCUT2D eigenvalue weighted by atomic mass is 32.2. The fraction of sp³-hybridized carbons (Fsp3) is 0.455. The maximum absolute atomic E-state index is 12.3. The lowest BCUT2D eigenvalue weighted by atomic mass is 10.1. The number of nitrogens with two attached hydrogens (primary N) is 1. The molecule has 0 aliphatic carbocycles. The molecular weight excluding hydrogens is 256 g/mol. The lowest BCUT2D eigenvalue weighted by molar-refractivity contribution is 0.233. The van der Waals surface area contributed by atoms with Gasteiger partial charge in [-0.1, -0.05) is 0 Å². The summed E-state index contributed by atoms with van der Waals surface area (Å²) in [7, 11) is -3.59. The Balaban J connectivity index is 2.28. The van der Waals surface area contributed by atoms with Crippen LogP contribution in [-0.2, 0) is 10.0 Å². The van der Waals surface area contributed by atoms with Crippen molar-refractivity contribution < 1.29 is 18.6 Å². The summed E-state index contributed by atoms with van der Waals surface area (Å²) in [6, 6.07) is 3.84. The second kappa shape index (κ2) is 4.75. The molecular formula is C11H16N2O4S. The number of rotatable bonds is 3. The number of phenols is 1. The molecule has 1 aliphatic heterocycles. The van der Waals surface area contributed by atoms with Crippen molar-refractivity contribution in [1.29, 1.82) is 0 Å². The highest BCUT2D eigenvalue weighted by molar-refractivity contribution is 7.89. The summed E-state index contributed by atoms with van der Waals surface area (Å²) < 4.78 is 25.9. The van der Waals surface area contributed by atoms with E-state index in [9.17, 15) is 13.5 Å². The van der Waals surface area contributed by atoms with E-state index in [2.05, 4.69) is 0 Å². The molecule has 1 aromatic rings. The van der Waals surface area contributed by atoms with Crippen molar-refractivity contribution in [2.45, 2.75) is 11.3 Å². The van der Waals surface area contributed by atoms with Crippen molar-refractivity contribution >= 4 is 15.7 Å². The average molecular weight is 272 g/mol.